The largest absolute Gasteiger partial charge is 0.507 e. The van der Waals surface area contributed by atoms with Gasteiger partial charge < -0.3 is 24.4 Å². The highest BCUT2D eigenvalue weighted by Crippen LogP contribution is 2.33. The first kappa shape index (κ1) is 22.1. The van der Waals surface area contributed by atoms with Gasteiger partial charge in [-0.1, -0.05) is 19.4 Å². The maximum Gasteiger partial charge on any atom is 0.341 e. The summed E-state index contributed by atoms with van der Waals surface area (Å²) in [7, 11) is 0. The number of carbonyl (C=O) groups excluding carboxylic acids is 1. The second kappa shape index (κ2) is 10.9. The van der Waals surface area contributed by atoms with E-state index in [4.69, 9.17) is 19.3 Å². The summed E-state index contributed by atoms with van der Waals surface area (Å²) in [5, 5.41) is 19.0. The Kier molecular flexibility index (Phi) is 8.33. The maximum absolute atomic E-state index is 11.6. The summed E-state index contributed by atoms with van der Waals surface area (Å²) in [5.74, 6) is 0.326. The minimum Gasteiger partial charge on any atom is -0.507 e. The third kappa shape index (κ3) is 6.71. The average Bonchev–Trinajstić information content (AvgIpc) is 2.68. The third-order valence-corrected chi connectivity index (χ3v) is 4.10. The lowest BCUT2D eigenvalue weighted by molar-refractivity contribution is -0.139. The van der Waals surface area contributed by atoms with Gasteiger partial charge in [0.15, 0.2) is 12.4 Å². The fourth-order valence-electron chi connectivity index (χ4n) is 2.76. The molecule has 0 bridgehead atoms. The Morgan fingerprint density at radius 2 is 1.69 bits per heavy atom. The van der Waals surface area contributed by atoms with Crippen LogP contribution in [0.15, 0.2) is 36.4 Å². The van der Waals surface area contributed by atoms with E-state index in [1.165, 1.54) is 6.92 Å². The lowest BCUT2D eigenvalue weighted by Gasteiger charge is -2.15. The molecule has 0 aliphatic rings. The number of hydrogen-bond acceptors (Lipinski definition) is 6. The number of ketones is 1. The van der Waals surface area contributed by atoms with Gasteiger partial charge in [0.1, 0.15) is 23.0 Å². The Balaban J connectivity index is 1.86. The van der Waals surface area contributed by atoms with Crippen LogP contribution in [0.3, 0.4) is 0 Å². The number of phenols is 1. The van der Waals surface area contributed by atoms with E-state index < -0.39 is 12.6 Å². The fourth-order valence-corrected chi connectivity index (χ4v) is 2.76. The Bertz CT molecular complexity index is 845. The van der Waals surface area contributed by atoms with Crippen LogP contribution in [-0.2, 0) is 11.2 Å². The van der Waals surface area contributed by atoms with Crippen molar-refractivity contribution >= 4 is 11.8 Å². The quantitative estimate of drug-likeness (QED) is 0.410. The molecule has 156 valence electrons. The molecule has 0 atom stereocenters. The van der Waals surface area contributed by atoms with Crippen molar-refractivity contribution in [1.82, 2.24) is 0 Å². The van der Waals surface area contributed by atoms with Crippen molar-refractivity contribution in [3.05, 3.63) is 47.5 Å². The first-order valence-corrected chi connectivity index (χ1v) is 9.48. The molecule has 7 nitrogen and oxygen atoms in total. The Hall–Kier alpha value is -3.22. The Morgan fingerprint density at radius 1 is 1.00 bits per heavy atom. The molecule has 0 fully saturated rings. The van der Waals surface area contributed by atoms with Crippen molar-refractivity contribution in [3.8, 4) is 23.0 Å². The van der Waals surface area contributed by atoms with E-state index in [-0.39, 0.29) is 11.5 Å². The number of hydrogen-bond donors (Lipinski definition) is 2. The number of Topliss-reactive ketones (excluding diaryl/α,β-unsaturated/α-hetero) is 1. The summed E-state index contributed by atoms with van der Waals surface area (Å²) in [6.45, 7) is 3.77. The van der Waals surface area contributed by atoms with Crippen molar-refractivity contribution in [2.45, 2.75) is 33.1 Å². The predicted octanol–water partition coefficient (Wildman–Crippen LogP) is 3.86. The van der Waals surface area contributed by atoms with Crippen molar-refractivity contribution in [3.63, 3.8) is 0 Å². The average molecular weight is 402 g/mol. The van der Waals surface area contributed by atoms with Gasteiger partial charge in [0.05, 0.1) is 18.8 Å². The van der Waals surface area contributed by atoms with Crippen LogP contribution in [0.5, 0.6) is 23.0 Å². The second-order valence-corrected chi connectivity index (χ2v) is 6.45. The van der Waals surface area contributed by atoms with Gasteiger partial charge in [0, 0.05) is 18.1 Å². The molecule has 0 amide bonds. The molecular formula is C22H26O7. The molecule has 0 radical (unpaired) electrons. The predicted molar refractivity (Wildman–Crippen MR) is 107 cm³/mol. The highest BCUT2D eigenvalue weighted by molar-refractivity contribution is 5.97. The molecule has 0 spiro atoms. The van der Waals surface area contributed by atoms with Crippen LogP contribution in [0, 0.1) is 0 Å². The molecule has 0 saturated carbocycles. The molecule has 0 unspecified atom stereocenters. The third-order valence-electron chi connectivity index (χ3n) is 4.10. The number of ether oxygens (including phenoxy) is 3. The Labute approximate surface area is 169 Å². The number of benzene rings is 2. The molecular weight excluding hydrogens is 376 g/mol. The summed E-state index contributed by atoms with van der Waals surface area (Å²) < 4.78 is 16.5. The van der Waals surface area contributed by atoms with Crippen molar-refractivity contribution in [2.24, 2.45) is 0 Å². The van der Waals surface area contributed by atoms with E-state index in [1.54, 1.807) is 36.4 Å². The molecule has 29 heavy (non-hydrogen) atoms. The number of rotatable bonds is 12. The monoisotopic (exact) mass is 402 g/mol. The van der Waals surface area contributed by atoms with Gasteiger partial charge in [0.25, 0.3) is 0 Å². The molecule has 2 N–H and O–H groups in total. The molecule has 0 heterocycles. The van der Waals surface area contributed by atoms with Gasteiger partial charge >= 0.3 is 5.97 Å². The molecule has 0 aromatic heterocycles. The highest BCUT2D eigenvalue weighted by atomic mass is 16.5. The standard InChI is InChI=1S/C22H26O7/c1-3-6-19-20(10-9-18(15(2)23)22(19)26)28-12-5-11-27-16-7-4-8-17(13-16)29-14-21(24)25/h4,7-10,13,26H,3,5-6,11-12,14H2,1-2H3,(H,24,25). The van der Waals surface area contributed by atoms with Crippen LogP contribution in [0.25, 0.3) is 0 Å². The van der Waals surface area contributed by atoms with E-state index in [0.717, 1.165) is 6.42 Å². The summed E-state index contributed by atoms with van der Waals surface area (Å²) in [5.41, 5.74) is 0.943. The summed E-state index contributed by atoms with van der Waals surface area (Å²) in [6, 6.07) is 10.1. The highest BCUT2D eigenvalue weighted by Gasteiger charge is 2.15. The zero-order valence-electron chi connectivity index (χ0n) is 16.6. The van der Waals surface area contributed by atoms with E-state index in [1.807, 2.05) is 6.92 Å². The number of aromatic hydroxyl groups is 1. The van der Waals surface area contributed by atoms with E-state index >= 15 is 0 Å². The number of aliphatic carboxylic acids is 1. The maximum atomic E-state index is 11.6. The molecule has 2 aromatic carbocycles. The van der Waals surface area contributed by atoms with Gasteiger partial charge in [-0.25, -0.2) is 4.79 Å². The van der Waals surface area contributed by atoms with E-state index in [9.17, 15) is 14.7 Å². The lowest BCUT2D eigenvalue weighted by atomic mass is 10.0. The summed E-state index contributed by atoms with van der Waals surface area (Å²) in [6.07, 6.45) is 2.03. The molecule has 7 heteroatoms. The van der Waals surface area contributed by atoms with Gasteiger partial charge in [-0.3, -0.25) is 4.79 Å². The van der Waals surface area contributed by atoms with Gasteiger partial charge in [-0.2, -0.15) is 0 Å². The first-order chi connectivity index (χ1) is 13.9. The molecule has 2 aromatic rings. The Morgan fingerprint density at radius 3 is 2.34 bits per heavy atom. The zero-order valence-corrected chi connectivity index (χ0v) is 16.6. The van der Waals surface area contributed by atoms with Gasteiger partial charge in [-0.05, 0) is 37.6 Å². The number of carboxylic acid groups (broad SMARTS) is 1. The minimum atomic E-state index is -1.04. The van der Waals surface area contributed by atoms with Crippen LogP contribution >= 0.6 is 0 Å². The topological polar surface area (TPSA) is 102 Å². The normalized spacial score (nSPS) is 10.4. The molecule has 0 aliphatic heterocycles. The van der Waals surface area contributed by atoms with Gasteiger partial charge in [0.2, 0.25) is 0 Å². The summed E-state index contributed by atoms with van der Waals surface area (Å²) in [4.78, 5) is 22.2. The lowest BCUT2D eigenvalue weighted by Crippen LogP contribution is -2.09. The first-order valence-electron chi connectivity index (χ1n) is 9.48. The van der Waals surface area contributed by atoms with Gasteiger partial charge in [-0.15, -0.1) is 0 Å². The smallest absolute Gasteiger partial charge is 0.341 e. The zero-order chi connectivity index (χ0) is 21.2. The van der Waals surface area contributed by atoms with E-state index in [2.05, 4.69) is 0 Å². The number of carboxylic acids is 1. The molecule has 2 rings (SSSR count). The van der Waals surface area contributed by atoms with Crippen LogP contribution in [0.2, 0.25) is 0 Å². The molecule has 0 aliphatic carbocycles. The van der Waals surface area contributed by atoms with Crippen LogP contribution in [0.1, 0.15) is 42.6 Å². The van der Waals surface area contributed by atoms with E-state index in [0.29, 0.717) is 54.4 Å². The number of carbonyl (C=O) groups is 2. The van der Waals surface area contributed by atoms with Crippen molar-refractivity contribution in [1.29, 1.82) is 0 Å². The van der Waals surface area contributed by atoms with Crippen molar-refractivity contribution in [2.75, 3.05) is 19.8 Å². The second-order valence-electron chi connectivity index (χ2n) is 6.45. The number of phenolic OH excluding ortho intramolecular Hbond substituents is 1. The minimum absolute atomic E-state index is 0.00808. The van der Waals surface area contributed by atoms with Crippen LogP contribution in [-0.4, -0.2) is 41.8 Å². The summed E-state index contributed by atoms with van der Waals surface area (Å²) >= 11 is 0. The van der Waals surface area contributed by atoms with Crippen molar-refractivity contribution < 1.29 is 34.0 Å². The SMILES string of the molecule is CCCc1c(OCCCOc2cccc(OCC(=O)O)c2)ccc(C(C)=O)c1O. The van der Waals surface area contributed by atoms with Crippen LogP contribution in [0.4, 0.5) is 0 Å². The fraction of sp³-hybridized carbons (Fsp3) is 0.364. The molecule has 0 saturated heterocycles. The van der Waals surface area contributed by atoms with Crippen LogP contribution < -0.4 is 14.2 Å².